The summed E-state index contributed by atoms with van der Waals surface area (Å²) in [4.78, 5) is 30.4. The van der Waals surface area contributed by atoms with Crippen LogP contribution >= 0.6 is 23.1 Å². The van der Waals surface area contributed by atoms with Crippen LogP contribution in [0.1, 0.15) is 9.67 Å². The van der Waals surface area contributed by atoms with Crippen LogP contribution < -0.4 is 5.32 Å². The van der Waals surface area contributed by atoms with E-state index in [1.54, 1.807) is 11.8 Å². The second-order valence-corrected chi connectivity index (χ2v) is 7.65. The number of carbonyl (C=O) groups is 2. The molecular formula is C18H21N3O2S2. The predicted octanol–water partition coefficient (Wildman–Crippen LogP) is 2.87. The lowest BCUT2D eigenvalue weighted by atomic mass is 10.2. The molecule has 132 valence electrons. The SMILES string of the molecule is CSc1ccc(NC(=O)CN2CCN(C(=O)c3cccs3)CC2)cc1. The van der Waals surface area contributed by atoms with E-state index in [0.717, 1.165) is 23.7 Å². The van der Waals surface area contributed by atoms with Crippen molar-refractivity contribution in [3.05, 3.63) is 46.7 Å². The number of thioether (sulfide) groups is 1. The molecule has 0 spiro atoms. The molecule has 1 N–H and O–H groups in total. The second kappa shape index (κ2) is 8.51. The van der Waals surface area contributed by atoms with Gasteiger partial charge in [0.25, 0.3) is 5.91 Å². The maximum atomic E-state index is 12.3. The quantitative estimate of drug-likeness (QED) is 0.817. The van der Waals surface area contributed by atoms with Crippen molar-refractivity contribution in [1.29, 1.82) is 0 Å². The molecule has 1 saturated heterocycles. The highest BCUT2D eigenvalue weighted by atomic mass is 32.2. The van der Waals surface area contributed by atoms with Crippen molar-refractivity contribution in [2.45, 2.75) is 4.90 Å². The molecule has 2 heterocycles. The first-order chi connectivity index (χ1) is 12.2. The normalized spacial score (nSPS) is 15.2. The van der Waals surface area contributed by atoms with Gasteiger partial charge in [-0.2, -0.15) is 0 Å². The van der Waals surface area contributed by atoms with Crippen molar-refractivity contribution in [2.75, 3.05) is 44.3 Å². The van der Waals surface area contributed by atoms with Crippen LogP contribution in [-0.4, -0.2) is 60.6 Å². The predicted molar refractivity (Wildman–Crippen MR) is 104 cm³/mol. The van der Waals surface area contributed by atoms with Crippen LogP contribution in [0.2, 0.25) is 0 Å². The van der Waals surface area contributed by atoms with Crippen LogP contribution in [0, 0.1) is 0 Å². The Morgan fingerprint density at radius 2 is 1.84 bits per heavy atom. The monoisotopic (exact) mass is 375 g/mol. The molecule has 0 saturated carbocycles. The zero-order valence-electron chi connectivity index (χ0n) is 14.1. The second-order valence-electron chi connectivity index (χ2n) is 5.82. The van der Waals surface area contributed by atoms with E-state index in [0.29, 0.717) is 19.6 Å². The Bertz CT molecular complexity index is 708. The van der Waals surface area contributed by atoms with Crippen molar-refractivity contribution in [3.63, 3.8) is 0 Å². The number of hydrogen-bond donors (Lipinski definition) is 1. The molecule has 1 aliphatic heterocycles. The third-order valence-electron chi connectivity index (χ3n) is 4.13. The summed E-state index contributed by atoms with van der Waals surface area (Å²) < 4.78 is 0. The Hall–Kier alpha value is -1.83. The summed E-state index contributed by atoms with van der Waals surface area (Å²) in [5, 5.41) is 4.84. The van der Waals surface area contributed by atoms with E-state index in [9.17, 15) is 9.59 Å². The largest absolute Gasteiger partial charge is 0.335 e. The Labute approximate surface area is 156 Å². The van der Waals surface area contributed by atoms with Gasteiger partial charge in [0, 0.05) is 36.8 Å². The lowest BCUT2D eigenvalue weighted by Gasteiger charge is -2.34. The molecule has 1 fully saturated rings. The molecule has 5 nitrogen and oxygen atoms in total. The summed E-state index contributed by atoms with van der Waals surface area (Å²) in [7, 11) is 0. The number of nitrogens with zero attached hydrogens (tertiary/aromatic N) is 2. The topological polar surface area (TPSA) is 52.7 Å². The summed E-state index contributed by atoms with van der Waals surface area (Å²) >= 11 is 3.14. The van der Waals surface area contributed by atoms with Crippen molar-refractivity contribution < 1.29 is 9.59 Å². The first kappa shape index (κ1) is 18.0. The van der Waals surface area contributed by atoms with E-state index >= 15 is 0 Å². The Kier molecular flexibility index (Phi) is 6.12. The van der Waals surface area contributed by atoms with Crippen molar-refractivity contribution in [1.82, 2.24) is 9.80 Å². The van der Waals surface area contributed by atoms with Crippen molar-refractivity contribution >= 4 is 40.6 Å². The van der Waals surface area contributed by atoms with Gasteiger partial charge in [-0.3, -0.25) is 14.5 Å². The summed E-state index contributed by atoms with van der Waals surface area (Å²) in [5.74, 6) is 0.0721. The Morgan fingerprint density at radius 1 is 1.12 bits per heavy atom. The standard InChI is InChI=1S/C18H21N3O2S2/c1-24-15-6-4-14(5-7-15)19-17(22)13-20-8-10-21(11-9-20)18(23)16-3-2-12-25-16/h2-7,12H,8-11,13H2,1H3,(H,19,22). The van der Waals surface area contributed by atoms with Crippen LogP contribution in [-0.2, 0) is 4.79 Å². The highest BCUT2D eigenvalue weighted by molar-refractivity contribution is 7.98. The summed E-state index contributed by atoms with van der Waals surface area (Å²) in [6.45, 7) is 3.11. The third kappa shape index (κ3) is 4.84. The molecule has 2 amide bonds. The van der Waals surface area contributed by atoms with Crippen LogP contribution in [0.3, 0.4) is 0 Å². The van der Waals surface area contributed by atoms with Gasteiger partial charge in [0.15, 0.2) is 0 Å². The van der Waals surface area contributed by atoms with Gasteiger partial charge in [0.1, 0.15) is 0 Å². The summed E-state index contributed by atoms with van der Waals surface area (Å²) in [5.41, 5.74) is 0.814. The van der Waals surface area contributed by atoms with Crippen LogP contribution in [0.4, 0.5) is 5.69 Å². The lowest BCUT2D eigenvalue weighted by Crippen LogP contribution is -2.50. The zero-order valence-corrected chi connectivity index (χ0v) is 15.7. The number of piperazine rings is 1. The van der Waals surface area contributed by atoms with Gasteiger partial charge in [-0.15, -0.1) is 23.1 Å². The summed E-state index contributed by atoms with van der Waals surface area (Å²) in [6.07, 6.45) is 2.02. The van der Waals surface area contributed by atoms with Crippen LogP contribution in [0.5, 0.6) is 0 Å². The number of anilines is 1. The maximum absolute atomic E-state index is 12.3. The fourth-order valence-corrected chi connectivity index (χ4v) is 3.84. The highest BCUT2D eigenvalue weighted by Gasteiger charge is 2.23. The first-order valence-corrected chi connectivity index (χ1v) is 10.2. The molecule has 25 heavy (non-hydrogen) atoms. The molecule has 0 radical (unpaired) electrons. The van der Waals surface area contributed by atoms with E-state index in [4.69, 9.17) is 0 Å². The molecule has 7 heteroatoms. The fraction of sp³-hybridized carbons (Fsp3) is 0.333. The van der Waals surface area contributed by atoms with E-state index < -0.39 is 0 Å². The average Bonchev–Trinajstić information content (AvgIpc) is 3.17. The van der Waals surface area contributed by atoms with Crippen molar-refractivity contribution in [3.8, 4) is 0 Å². The number of nitrogens with one attached hydrogen (secondary N) is 1. The molecule has 0 bridgehead atoms. The number of carbonyl (C=O) groups excluding carboxylic acids is 2. The molecule has 1 aliphatic rings. The van der Waals surface area contributed by atoms with Gasteiger partial charge >= 0.3 is 0 Å². The Morgan fingerprint density at radius 3 is 2.44 bits per heavy atom. The van der Waals surface area contributed by atoms with Gasteiger partial charge in [0.2, 0.25) is 5.91 Å². The van der Waals surface area contributed by atoms with Gasteiger partial charge in [-0.1, -0.05) is 6.07 Å². The lowest BCUT2D eigenvalue weighted by molar-refractivity contribution is -0.117. The third-order valence-corrected chi connectivity index (χ3v) is 5.73. The van der Waals surface area contributed by atoms with E-state index in [2.05, 4.69) is 10.2 Å². The van der Waals surface area contributed by atoms with Crippen LogP contribution in [0.15, 0.2) is 46.7 Å². The van der Waals surface area contributed by atoms with Crippen LogP contribution in [0.25, 0.3) is 0 Å². The average molecular weight is 376 g/mol. The number of thiophene rings is 1. The van der Waals surface area contributed by atoms with Gasteiger partial charge < -0.3 is 10.2 Å². The minimum Gasteiger partial charge on any atom is -0.335 e. The highest BCUT2D eigenvalue weighted by Crippen LogP contribution is 2.17. The Balaban J connectivity index is 1.45. The summed E-state index contributed by atoms with van der Waals surface area (Å²) in [6, 6.07) is 11.6. The maximum Gasteiger partial charge on any atom is 0.264 e. The van der Waals surface area contributed by atoms with Gasteiger partial charge in [-0.25, -0.2) is 0 Å². The number of amides is 2. The molecule has 1 aromatic carbocycles. The minimum absolute atomic E-state index is 0.0186. The fourth-order valence-electron chi connectivity index (χ4n) is 2.74. The number of rotatable bonds is 5. The van der Waals surface area contributed by atoms with E-state index in [-0.39, 0.29) is 11.8 Å². The van der Waals surface area contributed by atoms with Gasteiger partial charge in [0.05, 0.1) is 11.4 Å². The molecular weight excluding hydrogens is 354 g/mol. The molecule has 3 rings (SSSR count). The molecule has 0 atom stereocenters. The van der Waals surface area contributed by atoms with Crippen molar-refractivity contribution in [2.24, 2.45) is 0 Å². The molecule has 0 aliphatic carbocycles. The first-order valence-electron chi connectivity index (χ1n) is 8.15. The molecule has 2 aromatic rings. The minimum atomic E-state index is -0.0186. The number of hydrogen-bond acceptors (Lipinski definition) is 5. The smallest absolute Gasteiger partial charge is 0.264 e. The van der Waals surface area contributed by atoms with Gasteiger partial charge in [-0.05, 0) is 42.0 Å². The van der Waals surface area contributed by atoms with E-state index in [1.165, 1.54) is 16.2 Å². The number of benzene rings is 1. The van der Waals surface area contributed by atoms with E-state index in [1.807, 2.05) is 52.9 Å². The molecule has 1 aromatic heterocycles. The molecule has 0 unspecified atom stereocenters. The zero-order chi connectivity index (χ0) is 17.6.